The topological polar surface area (TPSA) is 90.4 Å². The molecule has 1 aliphatic rings. The lowest BCUT2D eigenvalue weighted by molar-refractivity contribution is 0.188. The molecule has 0 spiro atoms. The quantitative estimate of drug-likeness (QED) is 0.673. The van der Waals surface area contributed by atoms with Crippen LogP contribution in [0.1, 0.15) is 13.8 Å². The maximum Gasteiger partial charge on any atom is 0.214 e. The Hall–Kier alpha value is -2.71. The number of hydrogen-bond acceptors (Lipinski definition) is 7. The number of anilines is 1. The van der Waals surface area contributed by atoms with Gasteiger partial charge in [0.1, 0.15) is 11.5 Å². The molecule has 3 aromatic heterocycles. The molecule has 1 fully saturated rings. The van der Waals surface area contributed by atoms with Gasteiger partial charge in [-0.1, -0.05) is 0 Å². The van der Waals surface area contributed by atoms with Crippen LogP contribution in [0.4, 0.5) is 5.82 Å². The highest BCUT2D eigenvalue weighted by atomic mass is 16.5. The molecule has 0 atom stereocenters. The predicted octanol–water partition coefficient (Wildman–Crippen LogP) is 1.92. The molecule has 3 aromatic rings. The van der Waals surface area contributed by atoms with E-state index in [9.17, 15) is 0 Å². The van der Waals surface area contributed by atoms with Crippen molar-refractivity contribution < 1.29 is 9.84 Å². The van der Waals surface area contributed by atoms with E-state index >= 15 is 0 Å². The third kappa shape index (κ3) is 3.93. The van der Waals surface area contributed by atoms with Gasteiger partial charge in [-0.2, -0.15) is 5.10 Å². The average Bonchev–Trinajstić information content (AvgIpc) is 3.12. The Kier molecular flexibility index (Phi) is 5.40. The number of nitrogens with one attached hydrogen (secondary N) is 1. The minimum atomic E-state index is 0.0670. The molecule has 0 radical (unpaired) electrons. The molecule has 0 bridgehead atoms. The van der Waals surface area contributed by atoms with Crippen LogP contribution in [-0.2, 0) is 0 Å². The first kappa shape index (κ1) is 18.6. The Labute approximate surface area is 164 Å². The molecule has 0 amide bonds. The highest BCUT2D eigenvalue weighted by Gasteiger charge is 2.19. The van der Waals surface area contributed by atoms with E-state index in [4.69, 9.17) is 9.84 Å². The molecule has 28 heavy (non-hydrogen) atoms. The molecule has 4 heterocycles. The Morgan fingerprint density at radius 3 is 2.75 bits per heavy atom. The molecular formula is C20H26N6O2. The number of rotatable bonds is 6. The minimum Gasteiger partial charge on any atom is -0.475 e. The predicted molar refractivity (Wildman–Crippen MR) is 109 cm³/mol. The Balaban J connectivity index is 1.59. The summed E-state index contributed by atoms with van der Waals surface area (Å²) in [5, 5.41) is 17.6. The normalized spacial score (nSPS) is 15.5. The third-order valence-electron chi connectivity index (χ3n) is 4.91. The smallest absolute Gasteiger partial charge is 0.214 e. The van der Waals surface area contributed by atoms with Gasteiger partial charge < -0.3 is 14.7 Å². The maximum atomic E-state index is 9.11. The molecular weight excluding hydrogens is 356 g/mol. The summed E-state index contributed by atoms with van der Waals surface area (Å²) < 4.78 is 5.74. The van der Waals surface area contributed by atoms with Crippen LogP contribution >= 0.6 is 0 Å². The van der Waals surface area contributed by atoms with Crippen molar-refractivity contribution in [2.45, 2.75) is 20.0 Å². The largest absolute Gasteiger partial charge is 0.475 e. The number of aliphatic hydroxyl groups is 1. The number of ether oxygens (including phenoxy) is 1. The van der Waals surface area contributed by atoms with Gasteiger partial charge in [0.15, 0.2) is 0 Å². The van der Waals surface area contributed by atoms with Gasteiger partial charge in [0.2, 0.25) is 5.88 Å². The van der Waals surface area contributed by atoms with Crippen LogP contribution in [0.25, 0.3) is 22.2 Å². The van der Waals surface area contributed by atoms with Gasteiger partial charge in [0, 0.05) is 55.9 Å². The number of piperazine rings is 1. The molecule has 0 aliphatic carbocycles. The zero-order valence-corrected chi connectivity index (χ0v) is 16.3. The Morgan fingerprint density at radius 1 is 1.18 bits per heavy atom. The van der Waals surface area contributed by atoms with Crippen molar-refractivity contribution in [2.75, 3.05) is 44.2 Å². The number of β-amino-alcohol motifs (C(OH)–C–C–N with tert-alkyl or cyclic N) is 1. The van der Waals surface area contributed by atoms with Crippen LogP contribution in [0.2, 0.25) is 0 Å². The van der Waals surface area contributed by atoms with Crippen molar-refractivity contribution >= 4 is 16.7 Å². The zero-order chi connectivity index (χ0) is 19.5. The van der Waals surface area contributed by atoms with E-state index < -0.39 is 0 Å². The first-order valence-corrected chi connectivity index (χ1v) is 9.69. The van der Waals surface area contributed by atoms with Crippen LogP contribution in [0.3, 0.4) is 0 Å². The molecule has 0 unspecified atom stereocenters. The van der Waals surface area contributed by atoms with Crippen molar-refractivity contribution in [1.29, 1.82) is 0 Å². The van der Waals surface area contributed by atoms with Crippen molar-refractivity contribution in [3.8, 4) is 17.1 Å². The molecule has 1 saturated heterocycles. The van der Waals surface area contributed by atoms with E-state index in [1.807, 2.05) is 32.2 Å². The number of aromatic amines is 1. The highest BCUT2D eigenvalue weighted by Crippen LogP contribution is 2.30. The van der Waals surface area contributed by atoms with E-state index in [-0.39, 0.29) is 12.7 Å². The summed E-state index contributed by atoms with van der Waals surface area (Å²) in [5.41, 5.74) is 2.76. The van der Waals surface area contributed by atoms with E-state index in [0.29, 0.717) is 5.88 Å². The van der Waals surface area contributed by atoms with Crippen LogP contribution in [-0.4, -0.2) is 75.6 Å². The van der Waals surface area contributed by atoms with Crippen LogP contribution in [0, 0.1) is 0 Å². The van der Waals surface area contributed by atoms with Gasteiger partial charge in [-0.3, -0.25) is 10.00 Å². The average molecular weight is 382 g/mol. The van der Waals surface area contributed by atoms with Crippen molar-refractivity contribution in [3.05, 3.63) is 30.6 Å². The molecule has 2 N–H and O–H groups in total. The fourth-order valence-electron chi connectivity index (χ4n) is 3.50. The maximum absolute atomic E-state index is 9.11. The molecule has 0 aromatic carbocycles. The lowest BCUT2D eigenvalue weighted by Crippen LogP contribution is -2.47. The first-order chi connectivity index (χ1) is 13.6. The summed E-state index contributed by atoms with van der Waals surface area (Å²) in [4.78, 5) is 13.4. The van der Waals surface area contributed by atoms with Crippen LogP contribution < -0.4 is 9.64 Å². The molecule has 148 valence electrons. The van der Waals surface area contributed by atoms with Gasteiger partial charge in [-0.25, -0.2) is 9.97 Å². The number of aromatic nitrogens is 4. The lowest BCUT2D eigenvalue weighted by Gasteiger charge is -2.35. The zero-order valence-electron chi connectivity index (χ0n) is 16.3. The lowest BCUT2D eigenvalue weighted by atomic mass is 10.1. The fraction of sp³-hybridized carbons (Fsp3) is 0.450. The summed E-state index contributed by atoms with van der Waals surface area (Å²) in [6.45, 7) is 8.56. The van der Waals surface area contributed by atoms with E-state index in [1.54, 1.807) is 6.20 Å². The van der Waals surface area contributed by atoms with Gasteiger partial charge in [0.05, 0.1) is 24.4 Å². The summed E-state index contributed by atoms with van der Waals surface area (Å²) in [6.07, 6.45) is 3.65. The summed E-state index contributed by atoms with van der Waals surface area (Å²) in [6, 6.07) is 5.99. The number of H-pyrrole nitrogens is 1. The molecule has 1 aliphatic heterocycles. The van der Waals surface area contributed by atoms with Crippen molar-refractivity contribution in [1.82, 2.24) is 25.1 Å². The van der Waals surface area contributed by atoms with E-state index in [2.05, 4.69) is 36.0 Å². The number of pyridine rings is 2. The number of hydrogen-bond donors (Lipinski definition) is 2. The van der Waals surface area contributed by atoms with Crippen molar-refractivity contribution in [3.63, 3.8) is 0 Å². The molecule has 8 heteroatoms. The minimum absolute atomic E-state index is 0.0670. The van der Waals surface area contributed by atoms with E-state index in [1.165, 1.54) is 0 Å². The Morgan fingerprint density at radius 2 is 2.00 bits per heavy atom. The molecule has 0 saturated carbocycles. The number of nitrogens with zero attached hydrogens (tertiary/aromatic N) is 5. The summed E-state index contributed by atoms with van der Waals surface area (Å²) >= 11 is 0. The Bertz CT molecular complexity index is 933. The molecule has 4 rings (SSSR count). The van der Waals surface area contributed by atoms with Gasteiger partial charge >= 0.3 is 0 Å². The highest BCUT2D eigenvalue weighted by molar-refractivity contribution is 5.93. The monoisotopic (exact) mass is 382 g/mol. The van der Waals surface area contributed by atoms with Gasteiger partial charge in [-0.15, -0.1) is 0 Å². The number of fused-ring (bicyclic) bond motifs is 1. The second-order valence-corrected chi connectivity index (χ2v) is 7.26. The first-order valence-electron chi connectivity index (χ1n) is 9.69. The molecule has 8 nitrogen and oxygen atoms in total. The second-order valence-electron chi connectivity index (χ2n) is 7.26. The van der Waals surface area contributed by atoms with Crippen LogP contribution in [0.5, 0.6) is 5.88 Å². The third-order valence-corrected chi connectivity index (χ3v) is 4.91. The summed E-state index contributed by atoms with van der Waals surface area (Å²) in [7, 11) is 0. The van der Waals surface area contributed by atoms with Gasteiger partial charge in [-0.05, 0) is 26.0 Å². The standard InChI is InChI=1S/C20H26N6O2/c1-14(2)28-19-12-16-17(13-22-19)23-24-20(16)15-3-4-21-18(11-15)26-7-5-25(6-8-26)9-10-27/h3-4,11-14,27H,5-10H2,1-2H3,(H,23,24). The fourth-order valence-corrected chi connectivity index (χ4v) is 3.50. The number of aliphatic hydroxyl groups excluding tert-OH is 1. The van der Waals surface area contributed by atoms with Gasteiger partial charge in [0.25, 0.3) is 0 Å². The van der Waals surface area contributed by atoms with Crippen molar-refractivity contribution in [2.24, 2.45) is 0 Å². The van der Waals surface area contributed by atoms with Crippen LogP contribution in [0.15, 0.2) is 30.6 Å². The SMILES string of the molecule is CC(C)Oc1cc2c(-c3ccnc(N4CCN(CCO)CC4)c3)n[nH]c2cn1. The summed E-state index contributed by atoms with van der Waals surface area (Å²) in [5.74, 6) is 1.55. The second kappa shape index (κ2) is 8.12. The van der Waals surface area contributed by atoms with E-state index in [0.717, 1.165) is 60.7 Å².